The highest BCUT2D eigenvalue weighted by Crippen LogP contribution is 2.35. The number of fused-ring (bicyclic) bond motifs is 3. The fraction of sp³-hybridized carbons (Fsp3) is 0.458. The lowest BCUT2D eigenvalue weighted by atomic mass is 9.98. The van der Waals surface area contributed by atoms with Crippen LogP contribution in [0.5, 0.6) is 5.88 Å². The number of benzene rings is 1. The van der Waals surface area contributed by atoms with Crippen LogP contribution in [-0.4, -0.2) is 70.3 Å². The van der Waals surface area contributed by atoms with E-state index in [1.807, 2.05) is 10.9 Å². The Bertz CT molecular complexity index is 1490. The van der Waals surface area contributed by atoms with Gasteiger partial charge in [0.25, 0.3) is 5.88 Å². The van der Waals surface area contributed by atoms with Crippen molar-refractivity contribution in [2.75, 3.05) is 31.8 Å². The number of methoxy groups -OCH3 is 1. The van der Waals surface area contributed by atoms with E-state index in [0.29, 0.717) is 34.5 Å². The lowest BCUT2D eigenvalue weighted by molar-refractivity contribution is 0.0867. The van der Waals surface area contributed by atoms with E-state index in [0.717, 1.165) is 36.7 Å². The third-order valence-electron chi connectivity index (χ3n) is 6.73. The predicted molar refractivity (Wildman–Crippen MR) is 136 cm³/mol. The minimum Gasteiger partial charge on any atom is -0.478 e. The Kier molecular flexibility index (Phi) is 5.71. The molecule has 10 nitrogen and oxygen atoms in total. The highest BCUT2D eigenvalue weighted by atomic mass is 32.2. The second-order valence-electron chi connectivity index (χ2n) is 10.1. The van der Waals surface area contributed by atoms with Crippen molar-refractivity contribution in [1.29, 1.82) is 0 Å². The van der Waals surface area contributed by atoms with Crippen LogP contribution in [-0.2, 0) is 9.84 Å². The Hall–Kier alpha value is -3.18. The van der Waals surface area contributed by atoms with Crippen LogP contribution in [0.1, 0.15) is 39.7 Å². The number of pyridine rings is 1. The van der Waals surface area contributed by atoms with Crippen molar-refractivity contribution in [3.05, 3.63) is 30.6 Å². The van der Waals surface area contributed by atoms with Crippen LogP contribution in [0.25, 0.3) is 21.8 Å². The van der Waals surface area contributed by atoms with Crippen LogP contribution < -0.4 is 10.1 Å². The number of hydrogen-bond acceptors (Lipinski definition) is 8. The molecule has 5 rings (SSSR count). The molecule has 0 bridgehead atoms. The maximum absolute atomic E-state index is 12.0. The van der Waals surface area contributed by atoms with Crippen LogP contribution in [0, 0.1) is 0 Å². The van der Waals surface area contributed by atoms with Gasteiger partial charge >= 0.3 is 0 Å². The Balaban J connectivity index is 1.47. The molecule has 0 amide bonds. The fourth-order valence-electron chi connectivity index (χ4n) is 4.72. The van der Waals surface area contributed by atoms with Gasteiger partial charge < -0.3 is 10.1 Å². The molecule has 0 radical (unpaired) electrons. The van der Waals surface area contributed by atoms with Gasteiger partial charge in [-0.15, -0.1) is 5.10 Å². The van der Waals surface area contributed by atoms with Crippen molar-refractivity contribution < 1.29 is 13.2 Å². The topological polar surface area (TPSA) is 118 Å². The van der Waals surface area contributed by atoms with Crippen molar-refractivity contribution in [1.82, 2.24) is 29.9 Å². The molecule has 0 aliphatic carbocycles. The van der Waals surface area contributed by atoms with Crippen LogP contribution >= 0.6 is 0 Å². The molecule has 11 heteroatoms. The standard InChI is InChI=1S/C24H31N7O3S/c1-24(2,3)30-10-8-15(9-11-30)31-14-20(23(29-31)34-4)27-22-21-18(13-25-28-21)17-12-16(35(5,32)33)6-7-19(17)26-22/h6-7,12-15H,8-11H2,1-5H3,(H,25,28)(H,26,27). The van der Waals surface area contributed by atoms with E-state index in [1.54, 1.807) is 31.5 Å². The smallest absolute Gasteiger partial charge is 0.256 e. The largest absolute Gasteiger partial charge is 0.478 e. The van der Waals surface area contributed by atoms with Gasteiger partial charge in [-0.05, 0) is 51.8 Å². The number of piperidine rings is 1. The number of aromatic amines is 1. The van der Waals surface area contributed by atoms with Gasteiger partial charge in [-0.1, -0.05) is 0 Å². The van der Waals surface area contributed by atoms with E-state index in [4.69, 9.17) is 14.8 Å². The third-order valence-corrected chi connectivity index (χ3v) is 7.84. The molecule has 1 fully saturated rings. The maximum atomic E-state index is 12.0. The van der Waals surface area contributed by atoms with E-state index >= 15 is 0 Å². The van der Waals surface area contributed by atoms with Crippen LogP contribution in [0.2, 0.25) is 0 Å². The summed E-state index contributed by atoms with van der Waals surface area (Å²) in [5.41, 5.74) is 2.21. The summed E-state index contributed by atoms with van der Waals surface area (Å²) in [6, 6.07) is 5.22. The minimum atomic E-state index is -3.34. The van der Waals surface area contributed by atoms with Crippen LogP contribution in [0.4, 0.5) is 11.5 Å². The van der Waals surface area contributed by atoms with Gasteiger partial charge in [0.1, 0.15) is 11.2 Å². The number of likely N-dealkylation sites (tertiary alicyclic amines) is 1. The molecule has 186 valence electrons. The van der Waals surface area contributed by atoms with Crippen molar-refractivity contribution in [2.45, 2.75) is 50.1 Å². The highest BCUT2D eigenvalue weighted by molar-refractivity contribution is 7.90. The Morgan fingerprint density at radius 2 is 1.91 bits per heavy atom. The number of rotatable bonds is 5. The Morgan fingerprint density at radius 1 is 1.17 bits per heavy atom. The zero-order chi connectivity index (χ0) is 25.0. The van der Waals surface area contributed by atoms with E-state index in [2.05, 4.69) is 41.2 Å². The molecule has 0 unspecified atom stereocenters. The molecule has 3 aromatic heterocycles. The Morgan fingerprint density at radius 3 is 2.57 bits per heavy atom. The maximum Gasteiger partial charge on any atom is 0.256 e. The summed E-state index contributed by atoms with van der Waals surface area (Å²) in [7, 11) is -1.73. The number of nitrogens with zero attached hydrogens (tertiary/aromatic N) is 5. The molecule has 2 N–H and O–H groups in total. The zero-order valence-electron chi connectivity index (χ0n) is 20.7. The predicted octanol–water partition coefficient (Wildman–Crippen LogP) is 3.90. The first-order valence-electron chi connectivity index (χ1n) is 11.7. The summed E-state index contributed by atoms with van der Waals surface area (Å²) in [5, 5.41) is 16.7. The lowest BCUT2D eigenvalue weighted by Gasteiger charge is -2.40. The van der Waals surface area contributed by atoms with Crippen LogP contribution in [0.3, 0.4) is 0 Å². The summed E-state index contributed by atoms with van der Waals surface area (Å²) < 4.78 is 31.7. The van der Waals surface area contributed by atoms with E-state index in [9.17, 15) is 8.42 Å². The summed E-state index contributed by atoms with van der Waals surface area (Å²) in [4.78, 5) is 7.50. The van der Waals surface area contributed by atoms with Crippen molar-refractivity contribution in [2.24, 2.45) is 0 Å². The first-order chi connectivity index (χ1) is 16.5. The van der Waals surface area contributed by atoms with E-state index in [-0.39, 0.29) is 10.4 Å². The monoisotopic (exact) mass is 497 g/mol. The SMILES string of the molecule is COc1nn(C2CCN(C(C)(C)C)CC2)cc1Nc1nc2ccc(S(C)(=O)=O)cc2c2cn[nH]c12. The zero-order valence-corrected chi connectivity index (χ0v) is 21.5. The van der Waals surface area contributed by atoms with Gasteiger partial charge in [0, 0.05) is 35.7 Å². The van der Waals surface area contributed by atoms with Crippen molar-refractivity contribution in [3.63, 3.8) is 0 Å². The van der Waals surface area contributed by atoms with E-state index < -0.39 is 9.84 Å². The molecule has 4 aromatic rings. The molecule has 35 heavy (non-hydrogen) atoms. The summed E-state index contributed by atoms with van der Waals surface area (Å²) in [5.74, 6) is 1.06. The second-order valence-corrected chi connectivity index (χ2v) is 12.1. The summed E-state index contributed by atoms with van der Waals surface area (Å²) >= 11 is 0. The normalized spacial score (nSPS) is 16.3. The highest BCUT2D eigenvalue weighted by Gasteiger charge is 2.29. The molecule has 1 aromatic carbocycles. The number of nitrogens with one attached hydrogen (secondary N) is 2. The first kappa shape index (κ1) is 23.6. The van der Waals surface area contributed by atoms with Gasteiger partial charge in [-0.3, -0.25) is 14.7 Å². The van der Waals surface area contributed by atoms with Gasteiger partial charge in [0.15, 0.2) is 15.7 Å². The molecule has 1 aliphatic heterocycles. The molecule has 0 spiro atoms. The molecular weight excluding hydrogens is 466 g/mol. The average molecular weight is 498 g/mol. The fourth-order valence-corrected chi connectivity index (χ4v) is 5.37. The summed E-state index contributed by atoms with van der Waals surface area (Å²) in [6.07, 6.45) is 6.88. The second kappa shape index (κ2) is 8.49. The quantitative estimate of drug-likeness (QED) is 0.426. The molecule has 1 saturated heterocycles. The van der Waals surface area contributed by atoms with Gasteiger partial charge in [-0.2, -0.15) is 5.10 Å². The van der Waals surface area contributed by atoms with Crippen molar-refractivity contribution >= 4 is 43.1 Å². The van der Waals surface area contributed by atoms with Crippen molar-refractivity contribution in [3.8, 4) is 5.88 Å². The summed E-state index contributed by atoms with van der Waals surface area (Å²) in [6.45, 7) is 8.80. The van der Waals surface area contributed by atoms with Crippen LogP contribution in [0.15, 0.2) is 35.5 Å². The minimum absolute atomic E-state index is 0.165. The molecule has 1 aliphatic rings. The number of H-pyrrole nitrogens is 1. The van der Waals surface area contributed by atoms with E-state index in [1.165, 1.54) is 6.26 Å². The number of anilines is 2. The third kappa shape index (κ3) is 4.45. The molecule has 0 atom stereocenters. The number of aromatic nitrogens is 5. The molecular formula is C24H31N7O3S. The number of sulfone groups is 1. The lowest BCUT2D eigenvalue weighted by Crippen LogP contribution is -2.46. The van der Waals surface area contributed by atoms with Gasteiger partial charge in [-0.25, -0.2) is 13.4 Å². The number of ether oxygens (including phenoxy) is 1. The molecule has 4 heterocycles. The first-order valence-corrected chi connectivity index (χ1v) is 13.6. The number of hydrogen-bond donors (Lipinski definition) is 2. The average Bonchev–Trinajstić information content (AvgIpc) is 3.45. The Labute approximate surface area is 204 Å². The van der Waals surface area contributed by atoms with Gasteiger partial charge in [0.2, 0.25) is 0 Å². The molecule has 0 saturated carbocycles. The van der Waals surface area contributed by atoms with Gasteiger partial charge in [0.05, 0.1) is 36.0 Å².